The summed E-state index contributed by atoms with van der Waals surface area (Å²) in [6.45, 7) is 4.77. The van der Waals surface area contributed by atoms with Gasteiger partial charge in [0, 0.05) is 17.5 Å². The Kier molecular flexibility index (Phi) is 6.44. The predicted octanol–water partition coefficient (Wildman–Crippen LogP) is 3.70. The quantitative estimate of drug-likeness (QED) is 0.760. The summed E-state index contributed by atoms with van der Waals surface area (Å²) in [4.78, 5) is 11.4. The molecule has 0 aliphatic rings. The minimum Gasteiger partial charge on any atom is -0.489 e. The van der Waals surface area contributed by atoms with Crippen molar-refractivity contribution < 1.29 is 9.53 Å². The first kappa shape index (κ1) is 17.3. The number of hydrogen-bond acceptors (Lipinski definition) is 3. The van der Waals surface area contributed by atoms with Crippen molar-refractivity contribution in [2.24, 2.45) is 5.92 Å². The number of halogens is 1. The van der Waals surface area contributed by atoms with Crippen molar-refractivity contribution >= 4 is 17.5 Å². The molecule has 5 heteroatoms. The van der Waals surface area contributed by atoms with E-state index >= 15 is 0 Å². The Labute approximate surface area is 141 Å². The Morgan fingerprint density at radius 2 is 1.65 bits per heavy atom. The third-order valence-corrected chi connectivity index (χ3v) is 3.52. The second kappa shape index (κ2) is 8.56. The molecule has 1 amide bonds. The SMILES string of the molecule is CC(C)C(=O)NNCc1ccc(OCc2ccc(Cl)cc2)cc1. The van der Waals surface area contributed by atoms with E-state index in [4.69, 9.17) is 16.3 Å². The minimum atomic E-state index is -0.0360. The van der Waals surface area contributed by atoms with Crippen LogP contribution in [0.25, 0.3) is 0 Å². The van der Waals surface area contributed by atoms with E-state index in [-0.39, 0.29) is 11.8 Å². The number of nitrogens with one attached hydrogen (secondary N) is 2. The Morgan fingerprint density at radius 3 is 2.26 bits per heavy atom. The Bertz CT molecular complexity index is 624. The number of carbonyl (C=O) groups is 1. The van der Waals surface area contributed by atoms with E-state index in [9.17, 15) is 4.79 Å². The zero-order valence-electron chi connectivity index (χ0n) is 13.3. The van der Waals surface area contributed by atoms with E-state index < -0.39 is 0 Å². The van der Waals surface area contributed by atoms with E-state index in [0.29, 0.717) is 13.2 Å². The molecular weight excluding hydrogens is 312 g/mol. The third kappa shape index (κ3) is 5.93. The van der Waals surface area contributed by atoms with Gasteiger partial charge in [0.1, 0.15) is 12.4 Å². The molecule has 0 aromatic heterocycles. The number of carbonyl (C=O) groups excluding carboxylic acids is 1. The Morgan fingerprint density at radius 1 is 1.04 bits per heavy atom. The third-order valence-electron chi connectivity index (χ3n) is 3.27. The molecule has 0 fully saturated rings. The van der Waals surface area contributed by atoms with Crippen molar-refractivity contribution in [3.63, 3.8) is 0 Å². The fourth-order valence-corrected chi connectivity index (χ4v) is 1.95. The van der Waals surface area contributed by atoms with Crippen LogP contribution in [0.1, 0.15) is 25.0 Å². The summed E-state index contributed by atoms with van der Waals surface area (Å²) in [5, 5.41) is 0.718. The van der Waals surface area contributed by atoms with Gasteiger partial charge in [-0.05, 0) is 35.4 Å². The lowest BCUT2D eigenvalue weighted by atomic mass is 10.2. The van der Waals surface area contributed by atoms with E-state index in [1.807, 2.05) is 62.4 Å². The van der Waals surface area contributed by atoms with Gasteiger partial charge in [-0.2, -0.15) is 0 Å². The average molecular weight is 333 g/mol. The lowest BCUT2D eigenvalue weighted by molar-refractivity contribution is -0.125. The first-order valence-electron chi connectivity index (χ1n) is 7.53. The van der Waals surface area contributed by atoms with Crippen LogP contribution in [0.15, 0.2) is 48.5 Å². The fourth-order valence-electron chi connectivity index (χ4n) is 1.83. The molecule has 4 nitrogen and oxygen atoms in total. The van der Waals surface area contributed by atoms with Crippen LogP contribution in [0.2, 0.25) is 5.02 Å². The molecule has 2 aromatic rings. The first-order chi connectivity index (χ1) is 11.0. The van der Waals surface area contributed by atoms with Crippen LogP contribution in [-0.4, -0.2) is 5.91 Å². The van der Waals surface area contributed by atoms with Crippen LogP contribution < -0.4 is 15.6 Å². The normalized spacial score (nSPS) is 10.6. The summed E-state index contributed by atoms with van der Waals surface area (Å²) in [5.74, 6) is 0.744. The summed E-state index contributed by atoms with van der Waals surface area (Å²) in [5.41, 5.74) is 7.71. The van der Waals surface area contributed by atoms with Gasteiger partial charge in [0.05, 0.1) is 0 Å². The molecule has 2 aromatic carbocycles. The second-order valence-corrected chi connectivity index (χ2v) is 5.99. The first-order valence-corrected chi connectivity index (χ1v) is 7.91. The van der Waals surface area contributed by atoms with E-state index in [0.717, 1.165) is 21.9 Å². The van der Waals surface area contributed by atoms with Crippen LogP contribution in [-0.2, 0) is 17.9 Å². The molecule has 0 spiro atoms. The highest BCUT2D eigenvalue weighted by Crippen LogP contribution is 2.15. The Balaban J connectivity index is 1.78. The van der Waals surface area contributed by atoms with Crippen molar-refractivity contribution in [1.82, 2.24) is 10.9 Å². The van der Waals surface area contributed by atoms with Crippen LogP contribution >= 0.6 is 11.6 Å². The molecule has 122 valence electrons. The molecule has 2 N–H and O–H groups in total. The fraction of sp³-hybridized carbons (Fsp3) is 0.278. The van der Waals surface area contributed by atoms with Gasteiger partial charge < -0.3 is 4.74 Å². The van der Waals surface area contributed by atoms with Gasteiger partial charge in [0.2, 0.25) is 5.91 Å². The molecule has 0 atom stereocenters. The monoisotopic (exact) mass is 332 g/mol. The molecule has 0 aliphatic carbocycles. The summed E-state index contributed by atoms with van der Waals surface area (Å²) in [6.07, 6.45) is 0. The van der Waals surface area contributed by atoms with Gasteiger partial charge in [-0.25, -0.2) is 5.43 Å². The smallest absolute Gasteiger partial charge is 0.236 e. The summed E-state index contributed by atoms with van der Waals surface area (Å²) < 4.78 is 5.73. The van der Waals surface area contributed by atoms with Crippen molar-refractivity contribution in [3.05, 3.63) is 64.7 Å². The van der Waals surface area contributed by atoms with Crippen molar-refractivity contribution in [2.75, 3.05) is 0 Å². The predicted molar refractivity (Wildman–Crippen MR) is 92.0 cm³/mol. The molecule has 0 unspecified atom stereocenters. The van der Waals surface area contributed by atoms with Gasteiger partial charge in [-0.1, -0.05) is 49.7 Å². The summed E-state index contributed by atoms with van der Waals surface area (Å²) in [7, 11) is 0. The number of rotatable bonds is 7. The standard InChI is InChI=1S/C18H21ClN2O2/c1-13(2)18(22)21-20-11-14-5-9-17(10-6-14)23-12-15-3-7-16(19)8-4-15/h3-10,13,20H,11-12H2,1-2H3,(H,21,22). The topological polar surface area (TPSA) is 50.4 Å². The van der Waals surface area contributed by atoms with Crippen LogP contribution in [0.5, 0.6) is 5.75 Å². The van der Waals surface area contributed by atoms with Crippen molar-refractivity contribution in [1.29, 1.82) is 0 Å². The molecular formula is C18H21ClN2O2. The number of benzene rings is 2. The minimum absolute atomic E-state index is 0.0204. The molecule has 0 bridgehead atoms. The number of amides is 1. The zero-order chi connectivity index (χ0) is 16.7. The summed E-state index contributed by atoms with van der Waals surface area (Å²) >= 11 is 5.85. The molecule has 2 rings (SSSR count). The van der Waals surface area contributed by atoms with Gasteiger partial charge in [0.15, 0.2) is 0 Å². The average Bonchev–Trinajstić information content (AvgIpc) is 2.55. The Hall–Kier alpha value is -2.04. The lowest BCUT2D eigenvalue weighted by Gasteiger charge is -2.10. The van der Waals surface area contributed by atoms with E-state index in [1.165, 1.54) is 0 Å². The molecule has 0 aliphatic heterocycles. The molecule has 23 heavy (non-hydrogen) atoms. The largest absolute Gasteiger partial charge is 0.489 e. The van der Waals surface area contributed by atoms with Gasteiger partial charge in [-0.15, -0.1) is 0 Å². The maximum atomic E-state index is 11.4. The highest BCUT2D eigenvalue weighted by molar-refractivity contribution is 6.30. The highest BCUT2D eigenvalue weighted by Gasteiger charge is 2.05. The number of ether oxygens (including phenoxy) is 1. The maximum Gasteiger partial charge on any atom is 0.236 e. The highest BCUT2D eigenvalue weighted by atomic mass is 35.5. The van der Waals surface area contributed by atoms with Crippen LogP contribution in [0, 0.1) is 5.92 Å². The maximum absolute atomic E-state index is 11.4. The van der Waals surface area contributed by atoms with Crippen LogP contribution in [0.4, 0.5) is 0 Å². The molecule has 0 heterocycles. The number of hydrazine groups is 1. The van der Waals surface area contributed by atoms with Gasteiger partial charge in [0.25, 0.3) is 0 Å². The molecule has 0 radical (unpaired) electrons. The lowest BCUT2D eigenvalue weighted by Crippen LogP contribution is -2.39. The van der Waals surface area contributed by atoms with E-state index in [1.54, 1.807) is 0 Å². The van der Waals surface area contributed by atoms with Crippen LogP contribution in [0.3, 0.4) is 0 Å². The number of hydrogen-bond donors (Lipinski definition) is 2. The van der Waals surface area contributed by atoms with Gasteiger partial charge in [-0.3, -0.25) is 10.2 Å². The summed E-state index contributed by atoms with van der Waals surface area (Å²) in [6, 6.07) is 15.3. The van der Waals surface area contributed by atoms with Crippen molar-refractivity contribution in [3.8, 4) is 5.75 Å². The molecule has 0 saturated heterocycles. The van der Waals surface area contributed by atoms with E-state index in [2.05, 4.69) is 10.9 Å². The van der Waals surface area contributed by atoms with Gasteiger partial charge >= 0.3 is 0 Å². The van der Waals surface area contributed by atoms with Crippen molar-refractivity contribution in [2.45, 2.75) is 27.0 Å². The molecule has 0 saturated carbocycles. The second-order valence-electron chi connectivity index (χ2n) is 5.56. The zero-order valence-corrected chi connectivity index (χ0v) is 14.1.